The lowest BCUT2D eigenvalue weighted by Crippen LogP contribution is -2.44. The lowest BCUT2D eigenvalue weighted by molar-refractivity contribution is -0.145. The molecule has 1 aliphatic heterocycles. The van der Waals surface area contributed by atoms with E-state index in [-0.39, 0.29) is 18.0 Å². The van der Waals surface area contributed by atoms with Gasteiger partial charge in [0.1, 0.15) is 0 Å². The fraction of sp³-hybridized carbons (Fsp3) is 0.588. The lowest BCUT2D eigenvalue weighted by Gasteiger charge is -2.24. The van der Waals surface area contributed by atoms with E-state index in [0.29, 0.717) is 26.2 Å². The van der Waals surface area contributed by atoms with E-state index < -0.39 is 5.79 Å². The number of carbonyl (C=O) groups is 1. The first kappa shape index (κ1) is 16.8. The Kier molecular flexibility index (Phi) is 5.80. The second-order valence-corrected chi connectivity index (χ2v) is 5.97. The summed E-state index contributed by atoms with van der Waals surface area (Å²) in [6.07, 6.45) is 0.642. The molecule has 22 heavy (non-hydrogen) atoms. The van der Waals surface area contributed by atoms with Crippen LogP contribution in [0.25, 0.3) is 0 Å². The summed E-state index contributed by atoms with van der Waals surface area (Å²) in [4.78, 5) is 12.0. The van der Waals surface area contributed by atoms with E-state index in [4.69, 9.17) is 9.47 Å². The van der Waals surface area contributed by atoms with Crippen molar-refractivity contribution in [2.45, 2.75) is 44.9 Å². The van der Waals surface area contributed by atoms with Crippen molar-refractivity contribution in [3.63, 3.8) is 0 Å². The molecule has 2 N–H and O–H groups in total. The fourth-order valence-corrected chi connectivity index (χ4v) is 2.53. The normalized spacial score (nSPS) is 19.4. The number of amides is 2. The molecular formula is C17H26N2O3. The zero-order valence-electron chi connectivity index (χ0n) is 13.6. The monoisotopic (exact) mass is 306 g/mol. The molecule has 0 aliphatic carbocycles. The number of rotatable bonds is 6. The maximum atomic E-state index is 12.0. The van der Waals surface area contributed by atoms with Gasteiger partial charge in [-0.15, -0.1) is 0 Å². The van der Waals surface area contributed by atoms with E-state index >= 15 is 0 Å². The van der Waals surface area contributed by atoms with Gasteiger partial charge in [-0.3, -0.25) is 0 Å². The quantitative estimate of drug-likeness (QED) is 0.849. The Balaban J connectivity index is 1.72. The van der Waals surface area contributed by atoms with E-state index in [0.717, 1.165) is 0 Å². The average Bonchev–Trinajstić information content (AvgIpc) is 2.94. The van der Waals surface area contributed by atoms with Crippen LogP contribution in [0.15, 0.2) is 30.3 Å². The average molecular weight is 306 g/mol. The molecule has 1 heterocycles. The summed E-state index contributed by atoms with van der Waals surface area (Å²) in [5, 5.41) is 5.85. The Bertz CT molecular complexity index is 472. The van der Waals surface area contributed by atoms with Crippen LogP contribution >= 0.6 is 0 Å². The van der Waals surface area contributed by atoms with Gasteiger partial charge in [0.05, 0.1) is 13.2 Å². The van der Waals surface area contributed by atoms with Crippen LogP contribution < -0.4 is 10.6 Å². The minimum atomic E-state index is -0.559. The molecule has 2 rings (SSSR count). The molecule has 1 aromatic carbocycles. The SMILES string of the molecule is C[C@@H](NC(=O)NCCC1(C)OCCO1)[C@@H](C)c1ccccc1. The first-order valence-electron chi connectivity index (χ1n) is 7.87. The van der Waals surface area contributed by atoms with Crippen LogP contribution in [0.2, 0.25) is 0 Å². The van der Waals surface area contributed by atoms with Gasteiger partial charge in [-0.05, 0) is 19.4 Å². The summed E-state index contributed by atoms with van der Waals surface area (Å²) in [7, 11) is 0. The third-order valence-electron chi connectivity index (χ3n) is 4.20. The van der Waals surface area contributed by atoms with Crippen molar-refractivity contribution in [3.05, 3.63) is 35.9 Å². The third kappa shape index (κ3) is 4.71. The molecule has 1 saturated heterocycles. The summed E-state index contributed by atoms with van der Waals surface area (Å²) in [5.41, 5.74) is 1.22. The number of benzene rings is 1. The second-order valence-electron chi connectivity index (χ2n) is 5.97. The molecule has 0 spiro atoms. The number of hydrogen-bond donors (Lipinski definition) is 2. The number of nitrogens with one attached hydrogen (secondary N) is 2. The molecule has 122 valence electrons. The molecule has 0 radical (unpaired) electrons. The zero-order valence-corrected chi connectivity index (χ0v) is 13.6. The maximum Gasteiger partial charge on any atom is 0.315 e. The highest BCUT2D eigenvalue weighted by atomic mass is 16.7. The lowest BCUT2D eigenvalue weighted by atomic mass is 9.95. The van der Waals surface area contributed by atoms with Crippen LogP contribution in [0.3, 0.4) is 0 Å². The van der Waals surface area contributed by atoms with Crippen LogP contribution in [0, 0.1) is 0 Å². The van der Waals surface area contributed by atoms with E-state index in [1.165, 1.54) is 5.56 Å². The predicted octanol–water partition coefficient (Wildman–Crippen LogP) is 2.63. The number of hydrogen-bond acceptors (Lipinski definition) is 3. The fourth-order valence-electron chi connectivity index (χ4n) is 2.53. The molecule has 0 saturated carbocycles. The minimum Gasteiger partial charge on any atom is -0.348 e. The highest BCUT2D eigenvalue weighted by Crippen LogP contribution is 2.21. The van der Waals surface area contributed by atoms with Crippen molar-refractivity contribution in [3.8, 4) is 0 Å². The van der Waals surface area contributed by atoms with Gasteiger partial charge in [0.2, 0.25) is 0 Å². The molecule has 1 aliphatic rings. The Morgan fingerprint density at radius 2 is 1.86 bits per heavy atom. The van der Waals surface area contributed by atoms with Crippen LogP contribution in [0.5, 0.6) is 0 Å². The number of carbonyl (C=O) groups excluding carboxylic acids is 1. The second kappa shape index (κ2) is 7.61. The topological polar surface area (TPSA) is 59.6 Å². The van der Waals surface area contributed by atoms with Crippen LogP contribution in [0.1, 0.15) is 38.7 Å². The smallest absolute Gasteiger partial charge is 0.315 e. The largest absolute Gasteiger partial charge is 0.348 e. The van der Waals surface area contributed by atoms with E-state index in [1.54, 1.807) is 0 Å². The van der Waals surface area contributed by atoms with Crippen molar-refractivity contribution >= 4 is 6.03 Å². The van der Waals surface area contributed by atoms with Crippen LogP contribution in [-0.4, -0.2) is 37.6 Å². The Labute approximate surface area is 132 Å². The van der Waals surface area contributed by atoms with Gasteiger partial charge in [-0.1, -0.05) is 37.3 Å². The summed E-state index contributed by atoms with van der Waals surface area (Å²) < 4.78 is 11.0. The Hall–Kier alpha value is -1.59. The zero-order chi connectivity index (χ0) is 16.0. The van der Waals surface area contributed by atoms with Crippen molar-refractivity contribution in [2.24, 2.45) is 0 Å². The Morgan fingerprint density at radius 1 is 1.23 bits per heavy atom. The first-order chi connectivity index (χ1) is 10.5. The molecule has 0 bridgehead atoms. The first-order valence-corrected chi connectivity index (χ1v) is 7.87. The van der Waals surface area contributed by atoms with E-state index in [9.17, 15) is 4.79 Å². The van der Waals surface area contributed by atoms with Gasteiger partial charge in [0, 0.05) is 24.9 Å². The highest BCUT2D eigenvalue weighted by Gasteiger charge is 2.30. The van der Waals surface area contributed by atoms with Gasteiger partial charge in [-0.25, -0.2) is 4.79 Å². The van der Waals surface area contributed by atoms with Crippen molar-refractivity contribution in [2.75, 3.05) is 19.8 Å². The van der Waals surface area contributed by atoms with Crippen molar-refractivity contribution < 1.29 is 14.3 Å². The number of ether oxygens (including phenoxy) is 2. The van der Waals surface area contributed by atoms with Gasteiger partial charge < -0.3 is 20.1 Å². The Morgan fingerprint density at radius 3 is 2.50 bits per heavy atom. The number of urea groups is 1. The summed E-state index contributed by atoms with van der Waals surface area (Å²) in [6.45, 7) is 7.79. The molecule has 1 fully saturated rings. The summed E-state index contributed by atoms with van der Waals surface area (Å²) in [6, 6.07) is 10.1. The summed E-state index contributed by atoms with van der Waals surface area (Å²) >= 11 is 0. The molecule has 1 aromatic rings. The van der Waals surface area contributed by atoms with Crippen LogP contribution in [-0.2, 0) is 9.47 Å². The molecule has 0 unspecified atom stereocenters. The predicted molar refractivity (Wildman–Crippen MR) is 85.8 cm³/mol. The van der Waals surface area contributed by atoms with Gasteiger partial charge in [0.15, 0.2) is 5.79 Å². The van der Waals surface area contributed by atoms with E-state index in [1.807, 2.05) is 32.0 Å². The standard InChI is InChI=1S/C17H26N2O3/c1-13(15-7-5-4-6-8-15)14(2)19-16(20)18-10-9-17(3)21-11-12-22-17/h4-8,13-14H,9-12H2,1-3H3,(H2,18,19,20)/t13-,14-/m1/s1. The third-order valence-corrected chi connectivity index (χ3v) is 4.20. The highest BCUT2D eigenvalue weighted by molar-refractivity contribution is 5.74. The van der Waals surface area contributed by atoms with Crippen molar-refractivity contribution in [1.29, 1.82) is 0 Å². The molecule has 5 heteroatoms. The van der Waals surface area contributed by atoms with Gasteiger partial charge in [0.25, 0.3) is 0 Å². The molecule has 2 amide bonds. The van der Waals surface area contributed by atoms with E-state index in [2.05, 4.69) is 29.7 Å². The molecule has 0 aromatic heterocycles. The van der Waals surface area contributed by atoms with Crippen LogP contribution in [0.4, 0.5) is 4.79 Å². The minimum absolute atomic E-state index is 0.0527. The molecule has 5 nitrogen and oxygen atoms in total. The van der Waals surface area contributed by atoms with Gasteiger partial charge >= 0.3 is 6.03 Å². The molecular weight excluding hydrogens is 280 g/mol. The summed E-state index contributed by atoms with van der Waals surface area (Å²) in [5.74, 6) is -0.304. The maximum absolute atomic E-state index is 12.0. The van der Waals surface area contributed by atoms with Crippen molar-refractivity contribution in [1.82, 2.24) is 10.6 Å². The molecule has 2 atom stereocenters. The van der Waals surface area contributed by atoms with Gasteiger partial charge in [-0.2, -0.15) is 0 Å².